The normalized spacial score (nSPS) is 15.8. The molecule has 0 aliphatic carbocycles. The van der Waals surface area contributed by atoms with E-state index < -0.39 is 5.60 Å². The third-order valence-electron chi connectivity index (χ3n) is 5.00. The summed E-state index contributed by atoms with van der Waals surface area (Å²) < 4.78 is 5.41. The van der Waals surface area contributed by atoms with E-state index in [1.54, 1.807) is 0 Å². The van der Waals surface area contributed by atoms with E-state index in [0.29, 0.717) is 12.1 Å². The van der Waals surface area contributed by atoms with E-state index in [4.69, 9.17) is 15.7 Å². The first kappa shape index (κ1) is 21.6. The first-order chi connectivity index (χ1) is 14.2. The van der Waals surface area contributed by atoms with Crippen molar-refractivity contribution in [2.24, 2.45) is 10.9 Å². The topological polar surface area (TPSA) is 91.4 Å². The van der Waals surface area contributed by atoms with Gasteiger partial charge in [-0.05, 0) is 44.0 Å². The summed E-state index contributed by atoms with van der Waals surface area (Å²) in [5, 5.41) is 11.8. The molecule has 7 heteroatoms. The van der Waals surface area contributed by atoms with Crippen molar-refractivity contribution in [1.29, 1.82) is 0 Å². The largest absolute Gasteiger partial charge is 0.459 e. The second-order valence-electron chi connectivity index (χ2n) is 8.46. The van der Waals surface area contributed by atoms with E-state index in [9.17, 15) is 4.79 Å². The first-order valence-corrected chi connectivity index (χ1v) is 10.1. The molecule has 7 nitrogen and oxygen atoms in total. The van der Waals surface area contributed by atoms with Crippen molar-refractivity contribution in [2.75, 3.05) is 37.6 Å². The van der Waals surface area contributed by atoms with Gasteiger partial charge in [0, 0.05) is 37.4 Å². The molecule has 0 saturated carbocycles. The molecule has 3 N–H and O–H groups in total. The molecule has 0 unspecified atom stereocenters. The van der Waals surface area contributed by atoms with Gasteiger partial charge in [0.25, 0.3) is 0 Å². The zero-order chi connectivity index (χ0) is 21.7. The maximum Gasteiger partial charge on any atom is 0.320 e. The second-order valence-corrected chi connectivity index (χ2v) is 8.46. The standard InChI is InChI=1S/C23H30N4O3/c1-23(2,3)30-21(28)16-26-12-14-27(15-13-26)20-10-8-18(9-11-20)17-4-6-19(7-5-17)22(24)25-29/h4-11,29H,12-16H2,1-3H3,(H2,24,25). The van der Waals surface area contributed by atoms with Crippen LogP contribution in [0.5, 0.6) is 0 Å². The van der Waals surface area contributed by atoms with E-state index in [1.807, 2.05) is 45.0 Å². The molecule has 3 rings (SSSR count). The number of piperazine rings is 1. The summed E-state index contributed by atoms with van der Waals surface area (Å²) in [5.74, 6) is -0.0685. The Morgan fingerprint density at radius 1 is 1.00 bits per heavy atom. The van der Waals surface area contributed by atoms with Crippen molar-refractivity contribution >= 4 is 17.5 Å². The number of benzene rings is 2. The smallest absolute Gasteiger partial charge is 0.320 e. The van der Waals surface area contributed by atoms with Crippen molar-refractivity contribution in [3.05, 3.63) is 54.1 Å². The molecule has 2 aromatic rings. The fourth-order valence-corrected chi connectivity index (χ4v) is 3.48. The predicted molar refractivity (Wildman–Crippen MR) is 119 cm³/mol. The van der Waals surface area contributed by atoms with E-state index >= 15 is 0 Å². The molecular weight excluding hydrogens is 380 g/mol. The molecule has 2 aromatic carbocycles. The van der Waals surface area contributed by atoms with Crippen LogP contribution in [0.2, 0.25) is 0 Å². The van der Waals surface area contributed by atoms with Gasteiger partial charge in [-0.15, -0.1) is 0 Å². The monoisotopic (exact) mass is 410 g/mol. The van der Waals surface area contributed by atoms with Crippen LogP contribution in [0, 0.1) is 0 Å². The van der Waals surface area contributed by atoms with Crippen molar-refractivity contribution in [3.63, 3.8) is 0 Å². The highest BCUT2D eigenvalue weighted by Gasteiger charge is 2.22. The quantitative estimate of drug-likeness (QED) is 0.259. The number of hydrogen-bond acceptors (Lipinski definition) is 6. The van der Waals surface area contributed by atoms with Crippen LogP contribution >= 0.6 is 0 Å². The molecule has 0 aromatic heterocycles. The van der Waals surface area contributed by atoms with Crippen LogP contribution in [0.3, 0.4) is 0 Å². The summed E-state index contributed by atoms with van der Waals surface area (Å²) in [6.45, 7) is 9.41. The number of esters is 1. The average molecular weight is 411 g/mol. The summed E-state index contributed by atoms with van der Waals surface area (Å²) in [4.78, 5) is 16.5. The number of oxime groups is 1. The Kier molecular flexibility index (Phi) is 6.62. The number of nitrogens with two attached hydrogens (primary N) is 1. The van der Waals surface area contributed by atoms with E-state index in [-0.39, 0.29) is 11.8 Å². The lowest BCUT2D eigenvalue weighted by Crippen LogP contribution is -2.48. The van der Waals surface area contributed by atoms with Gasteiger partial charge < -0.3 is 20.6 Å². The summed E-state index contributed by atoms with van der Waals surface area (Å²) in [6, 6.07) is 16.0. The molecule has 1 fully saturated rings. The molecule has 1 heterocycles. The fourth-order valence-electron chi connectivity index (χ4n) is 3.48. The fraction of sp³-hybridized carbons (Fsp3) is 0.391. The minimum Gasteiger partial charge on any atom is -0.459 e. The molecule has 30 heavy (non-hydrogen) atoms. The zero-order valence-corrected chi connectivity index (χ0v) is 17.8. The van der Waals surface area contributed by atoms with Gasteiger partial charge in [-0.1, -0.05) is 41.6 Å². The Morgan fingerprint density at radius 2 is 1.53 bits per heavy atom. The van der Waals surface area contributed by atoms with Gasteiger partial charge in [0.2, 0.25) is 0 Å². The van der Waals surface area contributed by atoms with Gasteiger partial charge >= 0.3 is 5.97 Å². The molecular formula is C23H30N4O3. The number of ether oxygens (including phenoxy) is 1. The highest BCUT2D eigenvalue weighted by atomic mass is 16.6. The molecule has 0 bridgehead atoms. The van der Waals surface area contributed by atoms with Crippen LogP contribution in [0.15, 0.2) is 53.7 Å². The van der Waals surface area contributed by atoms with Gasteiger partial charge in [-0.3, -0.25) is 9.69 Å². The number of nitrogens with zero attached hydrogens (tertiary/aromatic N) is 3. The van der Waals surface area contributed by atoms with Crippen LogP contribution in [-0.2, 0) is 9.53 Å². The van der Waals surface area contributed by atoms with Crippen molar-refractivity contribution in [1.82, 2.24) is 4.90 Å². The number of hydrogen-bond donors (Lipinski definition) is 2. The van der Waals surface area contributed by atoms with Gasteiger partial charge in [0.15, 0.2) is 5.84 Å². The van der Waals surface area contributed by atoms with Crippen LogP contribution < -0.4 is 10.6 Å². The van der Waals surface area contributed by atoms with Crippen molar-refractivity contribution in [3.8, 4) is 11.1 Å². The Hall–Kier alpha value is -3.06. The summed E-state index contributed by atoms with van der Waals surface area (Å²) in [5.41, 5.74) is 9.20. The third kappa shape index (κ3) is 5.73. The molecule has 160 valence electrons. The Morgan fingerprint density at radius 3 is 2.03 bits per heavy atom. The summed E-state index contributed by atoms with van der Waals surface area (Å²) in [6.07, 6.45) is 0. The molecule has 0 radical (unpaired) electrons. The summed E-state index contributed by atoms with van der Waals surface area (Å²) >= 11 is 0. The number of rotatable bonds is 5. The van der Waals surface area contributed by atoms with Crippen molar-refractivity contribution in [2.45, 2.75) is 26.4 Å². The molecule has 0 amide bonds. The molecule has 1 aliphatic rings. The second kappa shape index (κ2) is 9.17. The number of anilines is 1. The Bertz CT molecular complexity index is 878. The number of amidine groups is 1. The van der Waals surface area contributed by atoms with Crippen LogP contribution in [-0.4, -0.2) is 60.2 Å². The highest BCUT2D eigenvalue weighted by molar-refractivity contribution is 5.97. The Balaban J connectivity index is 1.55. The first-order valence-electron chi connectivity index (χ1n) is 10.1. The van der Waals surface area contributed by atoms with Gasteiger partial charge in [-0.25, -0.2) is 0 Å². The van der Waals surface area contributed by atoms with E-state index in [1.165, 1.54) is 5.69 Å². The Labute approximate surface area is 177 Å². The van der Waals surface area contributed by atoms with Gasteiger partial charge in [0.1, 0.15) is 5.60 Å². The number of carbonyl (C=O) groups excluding carboxylic acids is 1. The molecule has 1 aliphatic heterocycles. The maximum absolute atomic E-state index is 12.0. The van der Waals surface area contributed by atoms with Crippen LogP contribution in [0.1, 0.15) is 26.3 Å². The van der Waals surface area contributed by atoms with E-state index in [0.717, 1.165) is 37.3 Å². The molecule has 0 atom stereocenters. The minimum absolute atomic E-state index is 0.0997. The summed E-state index contributed by atoms with van der Waals surface area (Å²) in [7, 11) is 0. The zero-order valence-electron chi connectivity index (χ0n) is 17.8. The van der Waals surface area contributed by atoms with Crippen LogP contribution in [0.4, 0.5) is 5.69 Å². The van der Waals surface area contributed by atoms with E-state index in [2.05, 4.69) is 39.2 Å². The SMILES string of the molecule is CC(C)(C)OC(=O)CN1CCN(c2ccc(-c3ccc(C(N)=NO)cc3)cc2)CC1. The van der Waals surface area contributed by atoms with Gasteiger partial charge in [-0.2, -0.15) is 0 Å². The average Bonchev–Trinajstić information content (AvgIpc) is 2.72. The van der Waals surface area contributed by atoms with Crippen LogP contribution in [0.25, 0.3) is 11.1 Å². The highest BCUT2D eigenvalue weighted by Crippen LogP contribution is 2.24. The van der Waals surface area contributed by atoms with Crippen molar-refractivity contribution < 1.29 is 14.7 Å². The lowest BCUT2D eigenvalue weighted by molar-refractivity contribution is -0.156. The number of carbonyl (C=O) groups is 1. The predicted octanol–water partition coefficient (Wildman–Crippen LogP) is 2.91. The minimum atomic E-state index is -0.444. The molecule has 0 spiro atoms. The lowest BCUT2D eigenvalue weighted by Gasteiger charge is -2.36. The van der Waals surface area contributed by atoms with Gasteiger partial charge in [0.05, 0.1) is 6.54 Å². The third-order valence-corrected chi connectivity index (χ3v) is 5.00. The lowest BCUT2D eigenvalue weighted by atomic mass is 10.0. The molecule has 1 saturated heterocycles. The maximum atomic E-state index is 12.0.